The van der Waals surface area contributed by atoms with Gasteiger partial charge in [-0.2, -0.15) is 0 Å². The van der Waals surface area contributed by atoms with Gasteiger partial charge in [-0.3, -0.25) is 10.1 Å². The summed E-state index contributed by atoms with van der Waals surface area (Å²) in [5.74, 6) is 0.571. The lowest BCUT2D eigenvalue weighted by Gasteiger charge is -2.05. The highest BCUT2D eigenvalue weighted by atomic mass is 79.9. The van der Waals surface area contributed by atoms with Crippen molar-refractivity contribution < 1.29 is 9.53 Å². The molecule has 6 heteroatoms. The number of hydrogen-bond donors (Lipinski definition) is 1. The number of benzene rings is 2. The zero-order valence-corrected chi connectivity index (χ0v) is 14.6. The quantitative estimate of drug-likeness (QED) is 0.695. The highest BCUT2D eigenvalue weighted by Crippen LogP contribution is 2.32. The third-order valence-electron chi connectivity index (χ3n) is 3.21. The molecule has 1 N–H and O–H groups in total. The van der Waals surface area contributed by atoms with E-state index in [1.807, 2.05) is 41.8 Å². The first-order valence-corrected chi connectivity index (χ1v) is 8.50. The normalized spacial score (nSPS) is 10.3. The second-order valence-corrected chi connectivity index (χ2v) is 6.47. The van der Waals surface area contributed by atoms with Gasteiger partial charge in [0, 0.05) is 21.0 Å². The molecule has 0 saturated carbocycles. The molecule has 1 aromatic heterocycles. The monoisotopic (exact) mass is 388 g/mol. The van der Waals surface area contributed by atoms with Crippen LogP contribution in [-0.2, 0) is 0 Å². The van der Waals surface area contributed by atoms with Crippen LogP contribution in [0.1, 0.15) is 10.4 Å². The zero-order chi connectivity index (χ0) is 16.2. The molecule has 116 valence electrons. The smallest absolute Gasteiger partial charge is 0.257 e. The van der Waals surface area contributed by atoms with Gasteiger partial charge < -0.3 is 4.74 Å². The summed E-state index contributed by atoms with van der Waals surface area (Å²) in [6.07, 6.45) is 0. The first-order chi connectivity index (χ1) is 11.2. The number of aromatic nitrogens is 1. The molecule has 0 saturated heterocycles. The molecule has 0 aliphatic carbocycles. The number of rotatable bonds is 4. The Morgan fingerprint density at radius 1 is 1.17 bits per heavy atom. The van der Waals surface area contributed by atoms with Crippen molar-refractivity contribution in [3.63, 3.8) is 0 Å². The van der Waals surface area contributed by atoms with Crippen molar-refractivity contribution in [1.29, 1.82) is 0 Å². The van der Waals surface area contributed by atoms with Gasteiger partial charge in [0.05, 0.1) is 12.8 Å². The average Bonchev–Trinajstić information content (AvgIpc) is 3.03. The molecule has 0 unspecified atom stereocenters. The van der Waals surface area contributed by atoms with Crippen LogP contribution in [0.15, 0.2) is 58.4 Å². The van der Waals surface area contributed by atoms with Crippen molar-refractivity contribution in [3.05, 3.63) is 63.9 Å². The molecule has 23 heavy (non-hydrogen) atoms. The number of amides is 1. The van der Waals surface area contributed by atoms with E-state index in [0.29, 0.717) is 10.7 Å². The van der Waals surface area contributed by atoms with Crippen LogP contribution in [0, 0.1) is 0 Å². The van der Waals surface area contributed by atoms with Crippen LogP contribution in [0.5, 0.6) is 5.75 Å². The second-order valence-electron chi connectivity index (χ2n) is 4.70. The molecule has 3 rings (SSSR count). The number of para-hydroxylation sites is 1. The molecular formula is C17H13BrN2O2S. The summed E-state index contributed by atoms with van der Waals surface area (Å²) in [7, 11) is 1.63. The number of ether oxygens (including phenoxy) is 1. The van der Waals surface area contributed by atoms with E-state index in [1.54, 1.807) is 19.2 Å². The van der Waals surface area contributed by atoms with Gasteiger partial charge in [0.25, 0.3) is 5.91 Å². The van der Waals surface area contributed by atoms with Crippen molar-refractivity contribution >= 4 is 38.3 Å². The summed E-state index contributed by atoms with van der Waals surface area (Å²) in [4.78, 5) is 16.7. The molecule has 2 aromatic carbocycles. The molecule has 1 amide bonds. The van der Waals surface area contributed by atoms with Gasteiger partial charge in [-0.1, -0.05) is 28.1 Å². The van der Waals surface area contributed by atoms with Crippen molar-refractivity contribution in [2.45, 2.75) is 0 Å². The van der Waals surface area contributed by atoms with Crippen LogP contribution >= 0.6 is 27.3 Å². The average molecular weight is 389 g/mol. The van der Waals surface area contributed by atoms with E-state index in [-0.39, 0.29) is 5.91 Å². The van der Waals surface area contributed by atoms with Gasteiger partial charge in [-0.15, -0.1) is 11.3 Å². The fourth-order valence-electron chi connectivity index (χ4n) is 2.08. The van der Waals surface area contributed by atoms with E-state index in [0.717, 1.165) is 21.5 Å². The second kappa shape index (κ2) is 6.93. The van der Waals surface area contributed by atoms with Crippen LogP contribution < -0.4 is 10.1 Å². The minimum Gasteiger partial charge on any atom is -0.496 e. The Balaban J connectivity index is 1.79. The number of nitrogens with zero attached hydrogens (tertiary/aromatic N) is 1. The van der Waals surface area contributed by atoms with Gasteiger partial charge in [-0.25, -0.2) is 4.98 Å². The topological polar surface area (TPSA) is 51.2 Å². The molecule has 0 bridgehead atoms. The molecule has 0 fully saturated rings. The summed E-state index contributed by atoms with van der Waals surface area (Å²) in [6, 6.07) is 14.8. The number of hydrogen-bond acceptors (Lipinski definition) is 4. The molecule has 0 atom stereocenters. The van der Waals surface area contributed by atoms with Crippen LogP contribution in [0.25, 0.3) is 11.3 Å². The number of carbonyl (C=O) groups is 1. The van der Waals surface area contributed by atoms with Gasteiger partial charge in [0.2, 0.25) is 0 Å². The van der Waals surface area contributed by atoms with E-state index in [1.165, 1.54) is 11.3 Å². The Morgan fingerprint density at radius 3 is 2.65 bits per heavy atom. The predicted molar refractivity (Wildman–Crippen MR) is 96.2 cm³/mol. The van der Waals surface area contributed by atoms with Crippen molar-refractivity contribution in [2.24, 2.45) is 0 Å². The Morgan fingerprint density at radius 2 is 1.91 bits per heavy atom. The largest absolute Gasteiger partial charge is 0.496 e. The van der Waals surface area contributed by atoms with E-state index < -0.39 is 0 Å². The van der Waals surface area contributed by atoms with Gasteiger partial charge in [-0.05, 0) is 36.4 Å². The fraction of sp³-hybridized carbons (Fsp3) is 0.0588. The van der Waals surface area contributed by atoms with Crippen LogP contribution in [0.3, 0.4) is 0 Å². The maximum Gasteiger partial charge on any atom is 0.257 e. The van der Waals surface area contributed by atoms with Crippen molar-refractivity contribution in [3.8, 4) is 17.0 Å². The molecule has 0 aliphatic heterocycles. The Kier molecular flexibility index (Phi) is 4.73. The molecule has 0 radical (unpaired) electrons. The standard InChI is InChI=1S/C17H13BrN2O2S/c1-22-15-5-3-2-4-13(15)14-10-23-17(19-14)20-16(21)11-6-8-12(18)9-7-11/h2-10H,1H3,(H,19,20,21). The summed E-state index contributed by atoms with van der Waals surface area (Å²) in [5, 5.41) is 5.27. The lowest BCUT2D eigenvalue weighted by molar-refractivity contribution is 0.102. The van der Waals surface area contributed by atoms with E-state index >= 15 is 0 Å². The molecule has 0 spiro atoms. The Bertz CT molecular complexity index is 831. The minimum atomic E-state index is -0.182. The number of anilines is 1. The molecule has 4 nitrogen and oxygen atoms in total. The number of methoxy groups -OCH3 is 1. The Hall–Kier alpha value is -2.18. The van der Waals surface area contributed by atoms with E-state index in [4.69, 9.17) is 4.74 Å². The SMILES string of the molecule is COc1ccccc1-c1csc(NC(=O)c2ccc(Br)cc2)n1. The summed E-state index contributed by atoms with van der Waals surface area (Å²) < 4.78 is 6.28. The predicted octanol–water partition coefficient (Wildman–Crippen LogP) is 4.83. The van der Waals surface area contributed by atoms with Gasteiger partial charge >= 0.3 is 0 Å². The summed E-state index contributed by atoms with van der Waals surface area (Å²) in [5.41, 5.74) is 2.26. The molecule has 0 aliphatic rings. The minimum absolute atomic E-state index is 0.182. The maximum absolute atomic E-state index is 12.2. The molecule has 1 heterocycles. The fourth-order valence-corrected chi connectivity index (χ4v) is 3.05. The summed E-state index contributed by atoms with van der Waals surface area (Å²) in [6.45, 7) is 0. The number of nitrogens with one attached hydrogen (secondary N) is 1. The number of thiazole rings is 1. The Labute approximate surface area is 146 Å². The first-order valence-electron chi connectivity index (χ1n) is 6.83. The lowest BCUT2D eigenvalue weighted by atomic mass is 10.1. The third kappa shape index (κ3) is 3.60. The van der Waals surface area contributed by atoms with Crippen molar-refractivity contribution in [1.82, 2.24) is 4.98 Å². The van der Waals surface area contributed by atoms with Crippen molar-refractivity contribution in [2.75, 3.05) is 12.4 Å². The van der Waals surface area contributed by atoms with Crippen LogP contribution in [-0.4, -0.2) is 18.0 Å². The molecular weight excluding hydrogens is 376 g/mol. The highest BCUT2D eigenvalue weighted by Gasteiger charge is 2.12. The van der Waals surface area contributed by atoms with Crippen LogP contribution in [0.2, 0.25) is 0 Å². The van der Waals surface area contributed by atoms with Gasteiger partial charge in [0.1, 0.15) is 5.75 Å². The summed E-state index contributed by atoms with van der Waals surface area (Å²) >= 11 is 4.73. The lowest BCUT2D eigenvalue weighted by Crippen LogP contribution is -2.11. The van der Waals surface area contributed by atoms with E-state index in [9.17, 15) is 4.79 Å². The maximum atomic E-state index is 12.2. The van der Waals surface area contributed by atoms with Gasteiger partial charge in [0.15, 0.2) is 5.13 Å². The highest BCUT2D eigenvalue weighted by molar-refractivity contribution is 9.10. The third-order valence-corrected chi connectivity index (χ3v) is 4.50. The number of carbonyl (C=O) groups excluding carboxylic acids is 1. The van der Waals surface area contributed by atoms with Crippen LogP contribution in [0.4, 0.5) is 5.13 Å². The molecule has 3 aromatic rings. The number of halogens is 1. The first kappa shape index (κ1) is 15.7. The van der Waals surface area contributed by atoms with E-state index in [2.05, 4.69) is 26.2 Å². The zero-order valence-electron chi connectivity index (χ0n) is 12.2.